The molecule has 6 rings (SSSR count). The highest BCUT2D eigenvalue weighted by molar-refractivity contribution is 5.99. The van der Waals surface area contributed by atoms with Gasteiger partial charge < -0.3 is 10.6 Å². The van der Waals surface area contributed by atoms with Crippen LogP contribution in [-0.4, -0.2) is 11.8 Å². The third-order valence-corrected chi connectivity index (χ3v) is 7.69. The summed E-state index contributed by atoms with van der Waals surface area (Å²) < 4.78 is 0. The maximum atomic E-state index is 13.5. The molecule has 6 aromatic carbocycles. The molecule has 0 fully saturated rings. The maximum absolute atomic E-state index is 13.5. The quantitative estimate of drug-likeness (QED) is 0.182. The molecular weight excluding hydrogens is 540 g/mol. The lowest BCUT2D eigenvalue weighted by Crippen LogP contribution is -2.22. The summed E-state index contributed by atoms with van der Waals surface area (Å²) in [7, 11) is 0. The number of benzene rings is 6. The van der Waals surface area contributed by atoms with Gasteiger partial charge in [-0.25, -0.2) is 0 Å². The Balaban J connectivity index is 1.14. The van der Waals surface area contributed by atoms with Crippen LogP contribution in [0.1, 0.15) is 34.1 Å². The van der Waals surface area contributed by atoms with Crippen LogP contribution in [0.5, 0.6) is 0 Å². The number of hydrogen-bond donors (Lipinski definition) is 2. The number of carbonyl (C=O) groups excluding carboxylic acids is 2. The van der Waals surface area contributed by atoms with Crippen molar-refractivity contribution in [3.63, 3.8) is 0 Å². The van der Waals surface area contributed by atoms with Gasteiger partial charge in [0.05, 0.1) is 11.8 Å². The second-order valence-corrected chi connectivity index (χ2v) is 10.6. The first-order valence-corrected chi connectivity index (χ1v) is 14.7. The first-order chi connectivity index (χ1) is 21.7. The number of hydrogen-bond acceptors (Lipinski definition) is 2. The number of carbonyl (C=O) groups is 2. The standard InChI is InChI=1S/C40H32N2O2/c43-39(37(31-13-5-1-6-14-31)32-15-7-2-8-16-32)41-35-25-21-29(22-26-35)30-23-27-36(28-24-30)42-40(44)38(33-17-9-3-10-18-33)34-19-11-4-12-20-34/h1-28,37-38H,(H,41,43)(H,42,44). The molecule has 0 radical (unpaired) electrons. The van der Waals surface area contributed by atoms with Crippen LogP contribution in [0.4, 0.5) is 11.4 Å². The number of rotatable bonds is 9. The van der Waals surface area contributed by atoms with Crippen LogP contribution in [0.2, 0.25) is 0 Å². The molecule has 2 N–H and O–H groups in total. The Morgan fingerprint density at radius 2 is 0.591 bits per heavy atom. The van der Waals surface area contributed by atoms with Gasteiger partial charge in [-0.3, -0.25) is 9.59 Å². The van der Waals surface area contributed by atoms with Crippen molar-refractivity contribution in [3.05, 3.63) is 192 Å². The van der Waals surface area contributed by atoms with E-state index in [1.54, 1.807) is 0 Å². The molecule has 0 saturated carbocycles. The van der Waals surface area contributed by atoms with Gasteiger partial charge in [0.15, 0.2) is 0 Å². The van der Waals surface area contributed by atoms with Crippen molar-refractivity contribution in [1.29, 1.82) is 0 Å². The fraction of sp³-hybridized carbons (Fsp3) is 0.0500. The topological polar surface area (TPSA) is 58.2 Å². The molecule has 0 aliphatic carbocycles. The minimum absolute atomic E-state index is 0.0837. The molecule has 2 amide bonds. The van der Waals surface area contributed by atoms with Gasteiger partial charge >= 0.3 is 0 Å². The predicted octanol–water partition coefficient (Wildman–Crippen LogP) is 8.89. The molecule has 4 nitrogen and oxygen atoms in total. The molecule has 4 heteroatoms. The second-order valence-electron chi connectivity index (χ2n) is 10.6. The molecule has 0 aromatic heterocycles. The Kier molecular flexibility index (Phi) is 8.70. The first-order valence-electron chi connectivity index (χ1n) is 14.7. The van der Waals surface area contributed by atoms with Crippen LogP contribution in [0.25, 0.3) is 11.1 Å². The summed E-state index contributed by atoms with van der Waals surface area (Å²) in [6, 6.07) is 54.9. The summed E-state index contributed by atoms with van der Waals surface area (Å²) in [5.74, 6) is -0.995. The Morgan fingerprint density at radius 3 is 0.841 bits per heavy atom. The summed E-state index contributed by atoms with van der Waals surface area (Å²) in [4.78, 5) is 27.0. The zero-order valence-electron chi connectivity index (χ0n) is 24.1. The van der Waals surface area contributed by atoms with Gasteiger partial charge in [-0.15, -0.1) is 0 Å². The van der Waals surface area contributed by atoms with Gasteiger partial charge in [-0.05, 0) is 57.6 Å². The van der Waals surface area contributed by atoms with Gasteiger partial charge in [0, 0.05) is 11.4 Å². The molecular formula is C40H32N2O2. The summed E-state index contributed by atoms with van der Waals surface area (Å²) >= 11 is 0. The molecule has 0 saturated heterocycles. The highest BCUT2D eigenvalue weighted by atomic mass is 16.2. The number of anilines is 2. The van der Waals surface area contributed by atoms with E-state index < -0.39 is 11.8 Å². The van der Waals surface area contributed by atoms with E-state index in [-0.39, 0.29) is 11.8 Å². The summed E-state index contributed by atoms with van der Waals surface area (Å²) in [5.41, 5.74) is 7.25. The Labute approximate surface area is 258 Å². The Hall–Kier alpha value is -5.74. The average molecular weight is 573 g/mol. The lowest BCUT2D eigenvalue weighted by Gasteiger charge is -2.18. The van der Waals surface area contributed by atoms with E-state index in [0.717, 1.165) is 44.8 Å². The molecule has 0 bridgehead atoms. The van der Waals surface area contributed by atoms with Crippen molar-refractivity contribution in [2.45, 2.75) is 11.8 Å². The van der Waals surface area contributed by atoms with Crippen molar-refractivity contribution >= 4 is 23.2 Å². The summed E-state index contributed by atoms with van der Waals surface area (Å²) in [5, 5.41) is 6.20. The zero-order valence-corrected chi connectivity index (χ0v) is 24.1. The Bertz CT molecular complexity index is 1590. The summed E-state index contributed by atoms with van der Waals surface area (Å²) in [6.45, 7) is 0. The molecule has 44 heavy (non-hydrogen) atoms. The zero-order chi connectivity index (χ0) is 30.1. The highest BCUT2D eigenvalue weighted by Gasteiger charge is 2.24. The third-order valence-electron chi connectivity index (χ3n) is 7.69. The minimum Gasteiger partial charge on any atom is -0.325 e. The highest BCUT2D eigenvalue weighted by Crippen LogP contribution is 2.29. The van der Waals surface area contributed by atoms with Crippen LogP contribution >= 0.6 is 0 Å². The third kappa shape index (κ3) is 6.66. The van der Waals surface area contributed by atoms with Gasteiger partial charge in [0.1, 0.15) is 0 Å². The molecule has 0 unspecified atom stereocenters. The fourth-order valence-electron chi connectivity index (χ4n) is 5.49. The molecule has 0 aliphatic heterocycles. The minimum atomic E-state index is -0.414. The largest absolute Gasteiger partial charge is 0.325 e. The molecule has 0 heterocycles. The fourth-order valence-corrected chi connectivity index (χ4v) is 5.49. The number of amides is 2. The van der Waals surface area contributed by atoms with Gasteiger partial charge in [-0.2, -0.15) is 0 Å². The van der Waals surface area contributed by atoms with Crippen LogP contribution in [-0.2, 0) is 9.59 Å². The smallest absolute Gasteiger partial charge is 0.236 e. The SMILES string of the molecule is O=C(Nc1ccc(-c2ccc(NC(=O)C(c3ccccc3)c3ccccc3)cc2)cc1)C(c1ccccc1)c1ccccc1. The van der Waals surface area contributed by atoms with Gasteiger partial charge in [-0.1, -0.05) is 146 Å². The van der Waals surface area contributed by atoms with Crippen molar-refractivity contribution in [2.24, 2.45) is 0 Å². The molecule has 214 valence electrons. The lowest BCUT2D eigenvalue weighted by atomic mass is 9.90. The average Bonchev–Trinajstić information content (AvgIpc) is 3.08. The van der Waals surface area contributed by atoms with Crippen LogP contribution in [0.3, 0.4) is 0 Å². The van der Waals surface area contributed by atoms with Gasteiger partial charge in [0.2, 0.25) is 11.8 Å². The maximum Gasteiger partial charge on any atom is 0.236 e. The molecule has 0 spiro atoms. The van der Waals surface area contributed by atoms with Crippen molar-refractivity contribution < 1.29 is 9.59 Å². The van der Waals surface area contributed by atoms with Crippen LogP contribution < -0.4 is 10.6 Å². The van der Waals surface area contributed by atoms with Crippen LogP contribution in [0.15, 0.2) is 170 Å². The van der Waals surface area contributed by atoms with E-state index in [9.17, 15) is 9.59 Å². The van der Waals surface area contributed by atoms with E-state index in [0.29, 0.717) is 0 Å². The van der Waals surface area contributed by atoms with Crippen molar-refractivity contribution in [3.8, 4) is 11.1 Å². The monoisotopic (exact) mass is 572 g/mol. The van der Waals surface area contributed by atoms with Crippen molar-refractivity contribution in [1.82, 2.24) is 0 Å². The van der Waals surface area contributed by atoms with E-state index in [1.807, 2.05) is 170 Å². The van der Waals surface area contributed by atoms with Crippen molar-refractivity contribution in [2.75, 3.05) is 10.6 Å². The lowest BCUT2D eigenvalue weighted by molar-refractivity contribution is -0.117. The van der Waals surface area contributed by atoms with E-state index >= 15 is 0 Å². The molecule has 0 aliphatic rings. The predicted molar refractivity (Wildman–Crippen MR) is 179 cm³/mol. The first kappa shape index (κ1) is 28.4. The Morgan fingerprint density at radius 1 is 0.341 bits per heavy atom. The normalized spacial score (nSPS) is 10.9. The van der Waals surface area contributed by atoms with Crippen LogP contribution in [0, 0.1) is 0 Å². The molecule has 6 aromatic rings. The van der Waals surface area contributed by atoms with E-state index in [1.165, 1.54) is 0 Å². The number of nitrogens with one attached hydrogen (secondary N) is 2. The summed E-state index contributed by atoms with van der Waals surface area (Å²) in [6.07, 6.45) is 0. The molecule has 0 atom stereocenters. The van der Waals surface area contributed by atoms with Gasteiger partial charge in [0.25, 0.3) is 0 Å². The van der Waals surface area contributed by atoms with E-state index in [2.05, 4.69) is 10.6 Å². The van der Waals surface area contributed by atoms with E-state index in [4.69, 9.17) is 0 Å². The second kappa shape index (κ2) is 13.5.